The quantitative estimate of drug-likeness (QED) is 0.459. The number of nitrogens with zero attached hydrogens (tertiary/aromatic N) is 1. The minimum Gasteiger partial charge on any atom is -0.457 e. The van der Waals surface area contributed by atoms with Crippen molar-refractivity contribution in [3.8, 4) is 0 Å². The van der Waals surface area contributed by atoms with Crippen LogP contribution in [0.4, 0.5) is 10.5 Å². The van der Waals surface area contributed by atoms with Crippen LogP contribution < -0.4 is 4.90 Å². The highest BCUT2D eigenvalue weighted by Crippen LogP contribution is 2.51. The predicted molar refractivity (Wildman–Crippen MR) is 91.6 cm³/mol. The molecule has 0 N–H and O–H groups in total. The van der Waals surface area contributed by atoms with Gasteiger partial charge in [0.25, 0.3) is 5.91 Å². The molecule has 0 bridgehead atoms. The summed E-state index contributed by atoms with van der Waals surface area (Å²) in [6.07, 6.45) is 2.19. The Hall–Kier alpha value is -2.34. The van der Waals surface area contributed by atoms with Crippen molar-refractivity contribution in [3.05, 3.63) is 42.0 Å². The van der Waals surface area contributed by atoms with Gasteiger partial charge in [-0.2, -0.15) is 0 Å². The van der Waals surface area contributed by atoms with E-state index in [1.54, 1.807) is 43.3 Å². The molecule has 132 valence electrons. The van der Waals surface area contributed by atoms with Crippen LogP contribution in [0.25, 0.3) is 0 Å². The number of hydrogen-bond acceptors (Lipinski definition) is 5. The molecule has 25 heavy (non-hydrogen) atoms. The Morgan fingerprint density at radius 1 is 1.36 bits per heavy atom. The summed E-state index contributed by atoms with van der Waals surface area (Å²) >= 11 is 6.59. The van der Waals surface area contributed by atoms with Crippen LogP contribution in [0.3, 0.4) is 0 Å². The molecule has 6 nitrogen and oxygen atoms in total. The van der Waals surface area contributed by atoms with Crippen LogP contribution >= 0.6 is 11.6 Å². The molecule has 0 saturated carbocycles. The average Bonchev–Trinajstić information content (AvgIpc) is 2.82. The number of para-hydroxylation sites is 1. The number of halogens is 1. The number of alkyl halides is 1. The molecule has 0 fully saturated rings. The molecule has 0 saturated heterocycles. The van der Waals surface area contributed by atoms with Crippen LogP contribution in [0.5, 0.6) is 0 Å². The number of esters is 1. The third-order valence-electron chi connectivity index (χ3n) is 4.49. The van der Waals surface area contributed by atoms with Gasteiger partial charge in [-0.15, -0.1) is 11.6 Å². The molecule has 2 amide bonds. The number of carbonyl (C=O) groups excluding carboxylic acids is 3. The predicted octanol–water partition coefficient (Wildman–Crippen LogP) is 2.93. The second-order valence-corrected chi connectivity index (χ2v) is 6.41. The van der Waals surface area contributed by atoms with Crippen molar-refractivity contribution < 1.29 is 23.9 Å². The normalized spacial score (nSPS) is 27.3. The Bertz CT molecular complexity index is 762. The fourth-order valence-electron chi connectivity index (χ4n) is 3.52. The molecule has 1 aromatic rings. The molecule has 3 rings (SSSR count). The summed E-state index contributed by atoms with van der Waals surface area (Å²) in [5.41, 5.74) is -0.390. The average molecular weight is 364 g/mol. The van der Waals surface area contributed by atoms with E-state index in [9.17, 15) is 14.4 Å². The van der Waals surface area contributed by atoms with E-state index in [1.807, 2.05) is 0 Å². The van der Waals surface area contributed by atoms with E-state index >= 15 is 0 Å². The van der Waals surface area contributed by atoms with Gasteiger partial charge in [0.1, 0.15) is 11.5 Å². The summed E-state index contributed by atoms with van der Waals surface area (Å²) < 4.78 is 10.4. The molecular weight excluding hydrogens is 346 g/mol. The number of carbonyl (C=O) groups is 3. The summed E-state index contributed by atoms with van der Waals surface area (Å²) in [5.74, 6) is -1.07. The maximum atomic E-state index is 13.4. The molecular formula is C18H18ClNO5. The third-order valence-corrected chi connectivity index (χ3v) is 5.01. The Morgan fingerprint density at radius 3 is 2.76 bits per heavy atom. The number of amides is 2. The van der Waals surface area contributed by atoms with E-state index in [0.29, 0.717) is 17.7 Å². The number of hydrogen-bond donors (Lipinski definition) is 0. The zero-order valence-corrected chi connectivity index (χ0v) is 14.7. The fraction of sp³-hybridized carbons (Fsp3) is 0.389. The van der Waals surface area contributed by atoms with Crippen molar-refractivity contribution in [3.63, 3.8) is 0 Å². The van der Waals surface area contributed by atoms with Crippen LogP contribution in [0.15, 0.2) is 36.4 Å². The van der Waals surface area contributed by atoms with E-state index < -0.39 is 34.9 Å². The summed E-state index contributed by atoms with van der Waals surface area (Å²) in [5, 5.41) is -0.671. The largest absolute Gasteiger partial charge is 0.457 e. The first-order valence-electron chi connectivity index (χ1n) is 8.03. The number of fused-ring (bicyclic) bond motifs is 2. The van der Waals surface area contributed by atoms with Crippen LogP contribution in [0.2, 0.25) is 0 Å². The van der Waals surface area contributed by atoms with Gasteiger partial charge in [0.2, 0.25) is 0 Å². The monoisotopic (exact) mass is 363 g/mol. The Labute approximate surface area is 150 Å². The van der Waals surface area contributed by atoms with E-state index in [1.165, 1.54) is 6.92 Å². The highest BCUT2D eigenvalue weighted by molar-refractivity contribution is 6.29. The zero-order chi connectivity index (χ0) is 18.2. The first-order chi connectivity index (χ1) is 11.9. The molecule has 1 aliphatic heterocycles. The lowest BCUT2D eigenvalue weighted by Crippen LogP contribution is -2.57. The first kappa shape index (κ1) is 17.5. The minimum atomic E-state index is -1.36. The van der Waals surface area contributed by atoms with Crippen molar-refractivity contribution in [2.45, 2.75) is 37.2 Å². The number of benzene rings is 1. The van der Waals surface area contributed by atoms with Crippen LogP contribution in [0, 0.1) is 0 Å². The van der Waals surface area contributed by atoms with Gasteiger partial charge in [-0.3, -0.25) is 9.59 Å². The van der Waals surface area contributed by atoms with Gasteiger partial charge in [-0.05, 0) is 31.1 Å². The maximum Gasteiger partial charge on any atom is 0.421 e. The number of ether oxygens (including phenoxy) is 2. The summed E-state index contributed by atoms with van der Waals surface area (Å²) in [6.45, 7) is 3.07. The molecule has 0 radical (unpaired) electrons. The lowest BCUT2D eigenvalue weighted by molar-refractivity contribution is -0.149. The lowest BCUT2D eigenvalue weighted by atomic mass is 9.70. The van der Waals surface area contributed by atoms with Crippen LogP contribution in [0.1, 0.15) is 25.8 Å². The number of anilines is 1. The van der Waals surface area contributed by atoms with Gasteiger partial charge in [0.15, 0.2) is 0 Å². The Morgan fingerprint density at radius 2 is 2.08 bits per heavy atom. The van der Waals surface area contributed by atoms with Gasteiger partial charge < -0.3 is 9.47 Å². The van der Waals surface area contributed by atoms with E-state index in [0.717, 1.165) is 4.90 Å². The van der Waals surface area contributed by atoms with Gasteiger partial charge in [0.05, 0.1) is 17.7 Å². The Kier molecular flexibility index (Phi) is 4.56. The molecule has 1 aliphatic carbocycles. The number of allylic oxidation sites excluding steroid dienone is 1. The van der Waals surface area contributed by atoms with Crippen molar-refractivity contribution in [1.82, 2.24) is 0 Å². The number of rotatable bonds is 2. The second kappa shape index (κ2) is 6.52. The van der Waals surface area contributed by atoms with E-state index in [2.05, 4.69) is 0 Å². The van der Waals surface area contributed by atoms with Gasteiger partial charge in [-0.1, -0.05) is 24.3 Å². The smallest absolute Gasteiger partial charge is 0.421 e. The van der Waals surface area contributed by atoms with Crippen molar-refractivity contribution in [2.24, 2.45) is 0 Å². The molecule has 3 atom stereocenters. The van der Waals surface area contributed by atoms with Crippen molar-refractivity contribution in [2.75, 3.05) is 11.5 Å². The van der Waals surface area contributed by atoms with Crippen LogP contribution in [-0.2, 0) is 24.5 Å². The standard InChI is InChI=1S/C18H18ClNO5/c1-3-24-17(23)20-13-8-5-4-7-12(13)18(16(20)22)14(19)9-6-10-15(18)25-11(2)21/h4-8,10,14-15H,3,9H2,1-2H3/t14-,15+,18+/m0/s1. The first-order valence-corrected chi connectivity index (χ1v) is 8.47. The maximum absolute atomic E-state index is 13.4. The molecule has 2 aliphatic rings. The van der Waals surface area contributed by atoms with Crippen molar-refractivity contribution >= 4 is 35.3 Å². The van der Waals surface area contributed by atoms with Crippen LogP contribution in [-0.4, -0.2) is 36.1 Å². The Balaban J connectivity index is 2.20. The molecule has 0 aromatic heterocycles. The molecule has 1 heterocycles. The summed E-state index contributed by atoms with van der Waals surface area (Å²) in [7, 11) is 0. The minimum absolute atomic E-state index is 0.134. The van der Waals surface area contributed by atoms with Crippen molar-refractivity contribution in [1.29, 1.82) is 0 Å². The fourth-order valence-corrected chi connectivity index (χ4v) is 3.96. The topological polar surface area (TPSA) is 72.9 Å². The number of imide groups is 1. The van der Waals surface area contributed by atoms with Gasteiger partial charge >= 0.3 is 12.1 Å². The second-order valence-electron chi connectivity index (χ2n) is 5.89. The van der Waals surface area contributed by atoms with Gasteiger partial charge in [-0.25, -0.2) is 9.69 Å². The third kappa shape index (κ3) is 2.52. The van der Waals surface area contributed by atoms with E-state index in [4.69, 9.17) is 21.1 Å². The highest BCUT2D eigenvalue weighted by atomic mass is 35.5. The van der Waals surface area contributed by atoms with Gasteiger partial charge in [0, 0.05) is 6.92 Å². The molecule has 0 unspecified atom stereocenters. The molecule has 1 aromatic carbocycles. The lowest BCUT2D eigenvalue weighted by Gasteiger charge is -2.39. The van der Waals surface area contributed by atoms with E-state index in [-0.39, 0.29) is 6.61 Å². The summed E-state index contributed by atoms with van der Waals surface area (Å²) in [6, 6.07) is 6.87. The summed E-state index contributed by atoms with van der Waals surface area (Å²) in [4.78, 5) is 38.3. The zero-order valence-electron chi connectivity index (χ0n) is 13.9. The highest BCUT2D eigenvalue weighted by Gasteiger charge is 2.62. The SMILES string of the molecule is CCOC(=O)N1C(=O)[C@]2(c3ccccc31)[C@@H](Cl)CC=C[C@H]2OC(C)=O. The molecule has 1 spiro atoms. The molecule has 7 heteroatoms.